The molecule has 4 heteroatoms. The average Bonchev–Trinajstić information content (AvgIpc) is 2.48. The van der Waals surface area contributed by atoms with Gasteiger partial charge in [-0.3, -0.25) is 0 Å². The Bertz CT molecular complexity index is 642. The van der Waals surface area contributed by atoms with E-state index < -0.39 is 0 Å². The maximum atomic E-state index is 11.8. The summed E-state index contributed by atoms with van der Waals surface area (Å²) in [5.41, 5.74) is 1.32. The van der Waals surface area contributed by atoms with E-state index in [1.807, 2.05) is 12.1 Å². The minimum atomic E-state index is -0.328. The van der Waals surface area contributed by atoms with Gasteiger partial charge in [0.2, 0.25) is 5.89 Å². The lowest BCUT2D eigenvalue weighted by Crippen LogP contribution is -2.11. The summed E-state index contributed by atoms with van der Waals surface area (Å²) in [6, 6.07) is 8.71. The van der Waals surface area contributed by atoms with Gasteiger partial charge in [0.25, 0.3) is 0 Å². The molecule has 1 aliphatic rings. The highest BCUT2D eigenvalue weighted by Crippen LogP contribution is 2.32. The minimum absolute atomic E-state index is 0.328. The Hall–Kier alpha value is -1.61. The molecule has 0 bridgehead atoms. The number of benzene rings is 1. The maximum Gasteiger partial charge on any atom is 0.339 e. The molecule has 3 rings (SSSR count). The summed E-state index contributed by atoms with van der Waals surface area (Å²) in [4.78, 5) is 16.3. The number of hydrogen-bond donors (Lipinski definition) is 0. The van der Waals surface area contributed by atoms with Crippen molar-refractivity contribution >= 4 is 11.6 Å². The SMILES string of the molecule is O=c1cc(C2CCCCC2)nc(-c2ccc(Cl)cc2)o1. The fraction of sp³-hybridized carbons (Fsp3) is 0.375. The standard InChI is InChI=1S/C16H16ClNO2/c17-13-8-6-12(7-9-13)16-18-14(10-15(19)20-16)11-4-2-1-3-5-11/h6-11H,1-5H2. The highest BCUT2D eigenvalue weighted by Gasteiger charge is 2.19. The first-order valence-corrected chi connectivity index (χ1v) is 7.38. The molecule has 0 unspecified atom stereocenters. The predicted molar refractivity (Wildman–Crippen MR) is 79.0 cm³/mol. The number of nitrogens with zero attached hydrogens (tertiary/aromatic N) is 1. The van der Waals surface area contributed by atoms with Gasteiger partial charge in [0.05, 0.1) is 5.69 Å². The molecule has 1 fully saturated rings. The highest BCUT2D eigenvalue weighted by atomic mass is 35.5. The van der Waals surface area contributed by atoms with Gasteiger partial charge < -0.3 is 4.42 Å². The lowest BCUT2D eigenvalue weighted by Gasteiger charge is -2.20. The summed E-state index contributed by atoms with van der Waals surface area (Å²) in [5, 5.41) is 0.652. The third-order valence-corrected chi connectivity index (χ3v) is 4.06. The second kappa shape index (κ2) is 5.80. The molecule has 1 aliphatic carbocycles. The Labute approximate surface area is 122 Å². The Morgan fingerprint density at radius 1 is 1.10 bits per heavy atom. The van der Waals surface area contributed by atoms with E-state index in [0.29, 0.717) is 16.8 Å². The quantitative estimate of drug-likeness (QED) is 0.823. The van der Waals surface area contributed by atoms with E-state index in [1.165, 1.54) is 25.3 Å². The van der Waals surface area contributed by atoms with E-state index in [-0.39, 0.29) is 5.63 Å². The van der Waals surface area contributed by atoms with E-state index in [4.69, 9.17) is 16.0 Å². The van der Waals surface area contributed by atoms with Crippen molar-refractivity contribution < 1.29 is 4.42 Å². The molecule has 0 spiro atoms. The van der Waals surface area contributed by atoms with Gasteiger partial charge >= 0.3 is 5.63 Å². The lowest BCUT2D eigenvalue weighted by atomic mass is 9.87. The smallest absolute Gasteiger partial charge is 0.339 e. The zero-order chi connectivity index (χ0) is 13.9. The summed E-state index contributed by atoms with van der Waals surface area (Å²) >= 11 is 5.87. The van der Waals surface area contributed by atoms with Crippen molar-refractivity contribution in [3.8, 4) is 11.5 Å². The molecule has 1 saturated carbocycles. The highest BCUT2D eigenvalue weighted by molar-refractivity contribution is 6.30. The monoisotopic (exact) mass is 289 g/mol. The summed E-state index contributed by atoms with van der Waals surface area (Å²) in [5.74, 6) is 0.772. The molecule has 0 radical (unpaired) electrons. The zero-order valence-corrected chi connectivity index (χ0v) is 11.9. The van der Waals surface area contributed by atoms with Crippen LogP contribution < -0.4 is 5.63 Å². The molecule has 0 N–H and O–H groups in total. The second-order valence-electron chi connectivity index (χ2n) is 5.25. The van der Waals surface area contributed by atoms with Crippen molar-refractivity contribution in [1.29, 1.82) is 0 Å². The molecule has 1 aromatic carbocycles. The van der Waals surface area contributed by atoms with Crippen molar-refractivity contribution in [3.63, 3.8) is 0 Å². The topological polar surface area (TPSA) is 43.1 Å². The Kier molecular flexibility index (Phi) is 3.88. The van der Waals surface area contributed by atoms with Crippen molar-refractivity contribution in [1.82, 2.24) is 4.98 Å². The summed E-state index contributed by atoms with van der Waals surface area (Å²) in [6.07, 6.45) is 5.92. The first kappa shape index (κ1) is 13.4. The van der Waals surface area contributed by atoms with Crippen molar-refractivity contribution in [2.45, 2.75) is 38.0 Å². The third-order valence-electron chi connectivity index (χ3n) is 3.81. The van der Waals surface area contributed by atoms with Crippen LogP contribution in [0.25, 0.3) is 11.5 Å². The molecule has 0 atom stereocenters. The summed E-state index contributed by atoms with van der Waals surface area (Å²) in [7, 11) is 0. The molecular weight excluding hydrogens is 274 g/mol. The fourth-order valence-corrected chi connectivity index (χ4v) is 2.87. The predicted octanol–water partition coefficient (Wildman–Crippen LogP) is 4.40. The van der Waals surface area contributed by atoms with Crippen LogP contribution in [0.3, 0.4) is 0 Å². The van der Waals surface area contributed by atoms with Crippen LogP contribution in [0.1, 0.15) is 43.7 Å². The van der Waals surface area contributed by atoms with Crippen molar-refractivity contribution in [2.75, 3.05) is 0 Å². The number of halogens is 1. The average molecular weight is 290 g/mol. The molecule has 3 nitrogen and oxygen atoms in total. The summed E-state index contributed by atoms with van der Waals surface area (Å²) in [6.45, 7) is 0. The molecule has 2 aromatic rings. The van der Waals surface area contributed by atoms with Crippen LogP contribution >= 0.6 is 11.6 Å². The fourth-order valence-electron chi connectivity index (χ4n) is 2.74. The van der Waals surface area contributed by atoms with Crippen molar-refractivity contribution in [2.24, 2.45) is 0 Å². The van der Waals surface area contributed by atoms with Gasteiger partial charge in [0, 0.05) is 22.6 Å². The molecule has 104 valence electrons. The van der Waals surface area contributed by atoms with Crippen LogP contribution in [0.5, 0.6) is 0 Å². The van der Waals surface area contributed by atoms with Gasteiger partial charge in [-0.25, -0.2) is 9.78 Å². The van der Waals surface area contributed by atoms with E-state index >= 15 is 0 Å². The molecule has 1 heterocycles. The first-order valence-electron chi connectivity index (χ1n) is 7.00. The Balaban J connectivity index is 1.97. The molecule has 20 heavy (non-hydrogen) atoms. The van der Waals surface area contributed by atoms with Crippen molar-refractivity contribution in [3.05, 3.63) is 51.5 Å². The minimum Gasteiger partial charge on any atom is -0.404 e. The molecule has 0 aliphatic heterocycles. The lowest BCUT2D eigenvalue weighted by molar-refractivity contribution is 0.424. The van der Waals surface area contributed by atoms with Gasteiger partial charge in [0.1, 0.15) is 0 Å². The molecule has 1 aromatic heterocycles. The molecule has 0 amide bonds. The third kappa shape index (κ3) is 2.93. The second-order valence-corrected chi connectivity index (χ2v) is 5.69. The van der Waals surface area contributed by atoms with E-state index in [0.717, 1.165) is 24.1 Å². The van der Waals surface area contributed by atoms with Crippen LogP contribution in [0.2, 0.25) is 5.02 Å². The maximum absolute atomic E-state index is 11.8. The van der Waals surface area contributed by atoms with Gasteiger partial charge in [-0.05, 0) is 37.1 Å². The summed E-state index contributed by atoms with van der Waals surface area (Å²) < 4.78 is 5.22. The Morgan fingerprint density at radius 2 is 1.80 bits per heavy atom. The normalized spacial score (nSPS) is 16.2. The van der Waals surface area contributed by atoms with Gasteiger partial charge in [0.15, 0.2) is 0 Å². The number of aromatic nitrogens is 1. The Morgan fingerprint density at radius 3 is 2.50 bits per heavy atom. The van der Waals surface area contributed by atoms with Crippen LogP contribution in [-0.4, -0.2) is 4.98 Å². The van der Waals surface area contributed by atoms with Crippen LogP contribution in [-0.2, 0) is 0 Å². The van der Waals surface area contributed by atoms with Gasteiger partial charge in [-0.2, -0.15) is 0 Å². The zero-order valence-electron chi connectivity index (χ0n) is 11.1. The van der Waals surface area contributed by atoms with Crippen LogP contribution in [0, 0.1) is 0 Å². The molecular formula is C16H16ClNO2. The van der Waals surface area contributed by atoms with E-state index in [2.05, 4.69) is 4.98 Å². The number of hydrogen-bond acceptors (Lipinski definition) is 3. The van der Waals surface area contributed by atoms with Gasteiger partial charge in [-0.1, -0.05) is 30.9 Å². The molecule has 0 saturated heterocycles. The number of rotatable bonds is 2. The van der Waals surface area contributed by atoms with E-state index in [9.17, 15) is 4.79 Å². The van der Waals surface area contributed by atoms with Crippen LogP contribution in [0.15, 0.2) is 39.5 Å². The van der Waals surface area contributed by atoms with Gasteiger partial charge in [-0.15, -0.1) is 0 Å². The largest absolute Gasteiger partial charge is 0.404 e. The van der Waals surface area contributed by atoms with E-state index in [1.54, 1.807) is 12.1 Å². The first-order chi connectivity index (χ1) is 9.72. The van der Waals surface area contributed by atoms with Crippen LogP contribution in [0.4, 0.5) is 0 Å².